The van der Waals surface area contributed by atoms with Crippen LogP contribution in [0.25, 0.3) is 0 Å². The lowest BCUT2D eigenvalue weighted by Gasteiger charge is -2.19. The molecule has 172 valence electrons. The molecule has 0 atom stereocenters. The van der Waals surface area contributed by atoms with Crippen LogP contribution in [0.15, 0.2) is 47.4 Å². The van der Waals surface area contributed by atoms with E-state index in [-0.39, 0.29) is 27.4 Å². The molecule has 0 amide bonds. The Morgan fingerprint density at radius 2 is 1.56 bits per heavy atom. The van der Waals surface area contributed by atoms with Gasteiger partial charge in [0.1, 0.15) is 10.6 Å². The molecule has 0 saturated carbocycles. The van der Waals surface area contributed by atoms with Gasteiger partial charge >= 0.3 is 5.97 Å². The van der Waals surface area contributed by atoms with E-state index in [4.69, 9.17) is 9.47 Å². The van der Waals surface area contributed by atoms with Crippen LogP contribution in [0.4, 0.5) is 0 Å². The summed E-state index contributed by atoms with van der Waals surface area (Å²) in [4.78, 5) is 24.9. The summed E-state index contributed by atoms with van der Waals surface area (Å²) in [5, 5.41) is 0. The van der Waals surface area contributed by atoms with Gasteiger partial charge in [-0.15, -0.1) is 0 Å². The first kappa shape index (κ1) is 23.9. The lowest BCUT2D eigenvalue weighted by atomic mass is 9.86. The molecule has 1 saturated heterocycles. The molecule has 0 aliphatic carbocycles. The molecule has 7 nitrogen and oxygen atoms in total. The van der Waals surface area contributed by atoms with Crippen molar-refractivity contribution in [2.24, 2.45) is 0 Å². The van der Waals surface area contributed by atoms with Crippen molar-refractivity contribution in [1.29, 1.82) is 0 Å². The van der Waals surface area contributed by atoms with Gasteiger partial charge < -0.3 is 9.47 Å². The predicted molar refractivity (Wildman–Crippen MR) is 121 cm³/mol. The van der Waals surface area contributed by atoms with Crippen molar-refractivity contribution in [2.45, 2.75) is 43.9 Å². The topological polar surface area (TPSA) is 90.0 Å². The Morgan fingerprint density at radius 1 is 0.969 bits per heavy atom. The zero-order valence-corrected chi connectivity index (χ0v) is 19.7. The molecule has 1 fully saturated rings. The molecule has 2 aromatic carbocycles. The van der Waals surface area contributed by atoms with Crippen LogP contribution in [0.1, 0.15) is 59.9 Å². The lowest BCUT2D eigenvalue weighted by molar-refractivity contribution is 0.0474. The van der Waals surface area contributed by atoms with Crippen molar-refractivity contribution in [3.05, 3.63) is 59.2 Å². The fraction of sp³-hybridized carbons (Fsp3) is 0.417. The number of hydrogen-bond donors (Lipinski definition) is 0. The molecule has 1 heterocycles. The second-order valence-corrected chi connectivity index (χ2v) is 10.7. The number of rotatable bonds is 7. The molecule has 0 spiro atoms. The van der Waals surface area contributed by atoms with Crippen molar-refractivity contribution < 1.29 is 27.5 Å². The van der Waals surface area contributed by atoms with Gasteiger partial charge in [-0.25, -0.2) is 13.2 Å². The number of ether oxygens (including phenoxy) is 2. The summed E-state index contributed by atoms with van der Waals surface area (Å²) >= 11 is 0. The van der Waals surface area contributed by atoms with Crippen LogP contribution >= 0.6 is 0 Å². The summed E-state index contributed by atoms with van der Waals surface area (Å²) in [7, 11) is -2.42. The summed E-state index contributed by atoms with van der Waals surface area (Å²) in [6.07, 6.45) is 1.59. The summed E-state index contributed by atoms with van der Waals surface area (Å²) in [5.74, 6) is -0.953. The van der Waals surface area contributed by atoms with E-state index in [0.717, 1.165) is 18.4 Å². The van der Waals surface area contributed by atoms with Crippen LogP contribution in [-0.2, 0) is 20.2 Å². The number of ketones is 1. The highest BCUT2D eigenvalue weighted by molar-refractivity contribution is 7.89. The number of Topliss-reactive ketones (excluding diaryl/α,β-unsaturated/α-hetero) is 1. The molecule has 8 heteroatoms. The van der Waals surface area contributed by atoms with Gasteiger partial charge in [0.15, 0.2) is 12.4 Å². The maximum atomic E-state index is 13.0. The van der Waals surface area contributed by atoms with Crippen molar-refractivity contribution in [3.8, 4) is 5.75 Å². The van der Waals surface area contributed by atoms with Gasteiger partial charge in [-0.3, -0.25) is 4.79 Å². The SMILES string of the molecule is COc1ccc(C(=O)OCC(=O)c2ccc(C(C)(C)C)cc2)cc1S(=O)(=O)N1CCCC1. The van der Waals surface area contributed by atoms with E-state index in [2.05, 4.69) is 20.8 Å². The Bertz CT molecular complexity index is 1090. The number of benzene rings is 2. The van der Waals surface area contributed by atoms with Gasteiger partial charge in [-0.05, 0) is 42.0 Å². The smallest absolute Gasteiger partial charge is 0.338 e. The second kappa shape index (κ2) is 9.42. The summed E-state index contributed by atoms with van der Waals surface area (Å²) < 4.78 is 37.7. The minimum Gasteiger partial charge on any atom is -0.495 e. The molecule has 1 aliphatic heterocycles. The van der Waals surface area contributed by atoms with Gasteiger partial charge in [0.05, 0.1) is 12.7 Å². The normalized spacial score (nSPS) is 14.9. The third-order valence-corrected chi connectivity index (χ3v) is 7.41. The average Bonchev–Trinajstić information content (AvgIpc) is 3.32. The molecular weight excluding hydrogens is 430 g/mol. The van der Waals surface area contributed by atoms with Gasteiger partial charge in [0.2, 0.25) is 10.0 Å². The van der Waals surface area contributed by atoms with Crippen LogP contribution in [0, 0.1) is 0 Å². The summed E-state index contributed by atoms with van der Waals surface area (Å²) in [6, 6.07) is 11.3. The Hall–Kier alpha value is -2.71. The first-order chi connectivity index (χ1) is 15.0. The fourth-order valence-electron chi connectivity index (χ4n) is 3.53. The fourth-order valence-corrected chi connectivity index (χ4v) is 5.23. The number of sulfonamides is 1. The molecular formula is C24H29NO6S. The largest absolute Gasteiger partial charge is 0.495 e. The van der Waals surface area contributed by atoms with Gasteiger partial charge in [-0.2, -0.15) is 4.31 Å². The van der Waals surface area contributed by atoms with E-state index in [1.807, 2.05) is 12.1 Å². The number of esters is 1. The number of carbonyl (C=O) groups is 2. The van der Waals surface area contributed by atoms with Gasteiger partial charge in [0.25, 0.3) is 0 Å². The first-order valence-corrected chi connectivity index (χ1v) is 12.0. The molecule has 0 bridgehead atoms. The maximum Gasteiger partial charge on any atom is 0.338 e. The van der Waals surface area contributed by atoms with E-state index in [1.54, 1.807) is 12.1 Å². The van der Waals surface area contributed by atoms with Crippen LogP contribution in [-0.4, -0.2) is 51.3 Å². The van der Waals surface area contributed by atoms with Crippen LogP contribution in [0.3, 0.4) is 0 Å². The van der Waals surface area contributed by atoms with Gasteiger partial charge in [0, 0.05) is 18.7 Å². The summed E-state index contributed by atoms with van der Waals surface area (Å²) in [5.41, 5.74) is 1.54. The molecule has 0 unspecified atom stereocenters. The standard InChI is InChI=1S/C24H29NO6S/c1-24(2,3)19-10-7-17(8-11-19)20(26)16-31-23(27)18-9-12-21(30-4)22(15-18)32(28,29)25-13-5-6-14-25/h7-12,15H,5-6,13-14,16H2,1-4H3. The minimum absolute atomic E-state index is 0.0322. The maximum absolute atomic E-state index is 13.0. The lowest BCUT2D eigenvalue weighted by Crippen LogP contribution is -2.28. The van der Waals surface area contributed by atoms with E-state index >= 15 is 0 Å². The third kappa shape index (κ3) is 5.19. The zero-order chi connectivity index (χ0) is 23.5. The quantitative estimate of drug-likeness (QED) is 0.462. The van der Waals surface area contributed by atoms with Crippen LogP contribution in [0.2, 0.25) is 0 Å². The number of methoxy groups -OCH3 is 1. The molecule has 2 aromatic rings. The second-order valence-electron chi connectivity index (χ2n) is 8.80. The monoisotopic (exact) mass is 459 g/mol. The third-order valence-electron chi connectivity index (χ3n) is 5.49. The Balaban J connectivity index is 1.73. The van der Waals surface area contributed by atoms with Crippen molar-refractivity contribution >= 4 is 21.8 Å². The van der Waals surface area contributed by atoms with Gasteiger partial charge in [-0.1, -0.05) is 45.0 Å². The molecule has 1 aliphatic rings. The van der Waals surface area contributed by atoms with E-state index in [9.17, 15) is 18.0 Å². The number of nitrogens with zero attached hydrogens (tertiary/aromatic N) is 1. The Morgan fingerprint density at radius 3 is 2.12 bits per heavy atom. The van der Waals surface area contributed by atoms with Crippen molar-refractivity contribution in [1.82, 2.24) is 4.31 Å². The van der Waals surface area contributed by atoms with Crippen LogP contribution in [0.5, 0.6) is 5.75 Å². The number of carbonyl (C=O) groups excluding carboxylic acids is 2. The molecule has 0 aromatic heterocycles. The average molecular weight is 460 g/mol. The Labute approximate surface area is 189 Å². The van der Waals surface area contributed by atoms with Crippen molar-refractivity contribution in [2.75, 3.05) is 26.8 Å². The van der Waals surface area contributed by atoms with E-state index < -0.39 is 22.6 Å². The summed E-state index contributed by atoms with van der Waals surface area (Å²) in [6.45, 7) is 6.68. The van der Waals surface area contributed by atoms with Crippen molar-refractivity contribution in [3.63, 3.8) is 0 Å². The first-order valence-electron chi connectivity index (χ1n) is 10.5. The van der Waals surface area contributed by atoms with E-state index in [0.29, 0.717) is 18.7 Å². The highest BCUT2D eigenvalue weighted by Gasteiger charge is 2.31. The zero-order valence-electron chi connectivity index (χ0n) is 18.9. The molecule has 32 heavy (non-hydrogen) atoms. The molecule has 0 N–H and O–H groups in total. The molecule has 0 radical (unpaired) electrons. The van der Waals surface area contributed by atoms with E-state index in [1.165, 1.54) is 29.6 Å². The number of hydrogen-bond acceptors (Lipinski definition) is 6. The highest BCUT2D eigenvalue weighted by atomic mass is 32.2. The van der Waals surface area contributed by atoms with Crippen LogP contribution < -0.4 is 4.74 Å². The minimum atomic E-state index is -3.79. The Kier molecular flexibility index (Phi) is 7.05. The highest BCUT2D eigenvalue weighted by Crippen LogP contribution is 2.30. The molecule has 3 rings (SSSR count). The predicted octanol–water partition coefficient (Wildman–Crippen LogP) is 3.82.